The summed E-state index contributed by atoms with van der Waals surface area (Å²) < 4.78 is 53.0. The number of alkyl halides is 3. The predicted octanol–water partition coefficient (Wildman–Crippen LogP) is 4.11. The van der Waals surface area contributed by atoms with Crippen LogP contribution < -0.4 is 4.74 Å². The van der Waals surface area contributed by atoms with Crippen LogP contribution >= 0.6 is 23.4 Å². The van der Waals surface area contributed by atoms with E-state index in [0.29, 0.717) is 0 Å². The summed E-state index contributed by atoms with van der Waals surface area (Å²) >= 11 is 5.23. The van der Waals surface area contributed by atoms with Crippen LogP contribution in [0.4, 0.5) is 17.6 Å². The van der Waals surface area contributed by atoms with E-state index >= 15 is 0 Å². The lowest BCUT2D eigenvalue weighted by Gasteiger charge is -2.08. The van der Waals surface area contributed by atoms with Gasteiger partial charge >= 0.3 is 5.51 Å². The van der Waals surface area contributed by atoms with Crippen LogP contribution in [-0.4, -0.2) is 17.9 Å². The van der Waals surface area contributed by atoms with Crippen LogP contribution in [0.25, 0.3) is 0 Å². The minimum atomic E-state index is -4.27. The van der Waals surface area contributed by atoms with E-state index in [0.717, 1.165) is 6.07 Å². The van der Waals surface area contributed by atoms with E-state index in [1.165, 1.54) is 12.1 Å². The van der Waals surface area contributed by atoms with E-state index in [-0.39, 0.29) is 34.9 Å². The molecule has 7 heteroatoms. The first-order valence-electron chi connectivity index (χ1n) is 4.17. The van der Waals surface area contributed by atoms with E-state index in [4.69, 9.17) is 16.3 Å². The highest BCUT2D eigenvalue weighted by molar-refractivity contribution is 8.00. The van der Waals surface area contributed by atoms with E-state index in [9.17, 15) is 17.6 Å². The summed E-state index contributed by atoms with van der Waals surface area (Å²) in [5.41, 5.74) is -4.27. The molecule has 0 bridgehead atoms. The van der Waals surface area contributed by atoms with Crippen LogP contribution in [0.15, 0.2) is 18.2 Å². The zero-order valence-corrected chi connectivity index (χ0v) is 9.43. The molecule has 0 aliphatic carbocycles. The van der Waals surface area contributed by atoms with Gasteiger partial charge in [0.1, 0.15) is 11.6 Å². The summed E-state index contributed by atoms with van der Waals surface area (Å²) in [4.78, 5) is 0. The summed E-state index contributed by atoms with van der Waals surface area (Å²) in [6.45, 7) is -0.148. The average Bonchev–Trinajstić information content (AvgIpc) is 2.17. The summed E-state index contributed by atoms with van der Waals surface area (Å²) in [6, 6.07) is 3.70. The minimum absolute atomic E-state index is 0.0583. The Bertz CT molecular complexity index is 356. The van der Waals surface area contributed by atoms with Crippen molar-refractivity contribution >= 4 is 23.4 Å². The largest absolute Gasteiger partial charge is 0.493 e. The van der Waals surface area contributed by atoms with Gasteiger partial charge in [-0.15, -0.1) is 0 Å². The van der Waals surface area contributed by atoms with Crippen LogP contribution in [0, 0.1) is 5.82 Å². The third-order valence-corrected chi connectivity index (χ3v) is 2.51. The van der Waals surface area contributed by atoms with Crippen LogP contribution in [0.2, 0.25) is 5.02 Å². The Morgan fingerprint density at radius 3 is 2.56 bits per heavy atom. The van der Waals surface area contributed by atoms with Crippen LogP contribution in [-0.2, 0) is 0 Å². The molecule has 0 spiro atoms. The first kappa shape index (κ1) is 13.4. The topological polar surface area (TPSA) is 9.23 Å². The lowest BCUT2D eigenvalue weighted by molar-refractivity contribution is -0.0329. The summed E-state index contributed by atoms with van der Waals surface area (Å²) in [5.74, 6) is -0.749. The molecule has 0 saturated carbocycles. The number of benzene rings is 1. The van der Waals surface area contributed by atoms with Gasteiger partial charge in [0.25, 0.3) is 0 Å². The van der Waals surface area contributed by atoms with Gasteiger partial charge in [-0.1, -0.05) is 11.6 Å². The standard InChI is InChI=1S/C9H7ClF4OS/c10-7-2-1-6(5-8(7)11)15-3-4-16-9(12,13)14/h1-2,5H,3-4H2. The van der Waals surface area contributed by atoms with Crippen LogP contribution in [0.3, 0.4) is 0 Å². The van der Waals surface area contributed by atoms with Gasteiger partial charge in [-0.05, 0) is 23.9 Å². The first-order chi connectivity index (χ1) is 7.38. The highest BCUT2D eigenvalue weighted by atomic mass is 35.5. The van der Waals surface area contributed by atoms with Gasteiger partial charge in [-0.3, -0.25) is 0 Å². The molecule has 16 heavy (non-hydrogen) atoms. The van der Waals surface area contributed by atoms with E-state index in [1.807, 2.05) is 0 Å². The fraction of sp³-hybridized carbons (Fsp3) is 0.333. The van der Waals surface area contributed by atoms with Crippen molar-refractivity contribution in [3.8, 4) is 5.75 Å². The zero-order chi connectivity index (χ0) is 12.2. The molecular weight excluding hydrogens is 268 g/mol. The Kier molecular flexibility index (Phi) is 4.73. The van der Waals surface area contributed by atoms with Crippen molar-refractivity contribution in [1.82, 2.24) is 0 Å². The van der Waals surface area contributed by atoms with Crippen molar-refractivity contribution in [2.45, 2.75) is 5.51 Å². The number of hydrogen-bond acceptors (Lipinski definition) is 2. The molecule has 0 N–H and O–H groups in total. The highest BCUT2D eigenvalue weighted by Crippen LogP contribution is 2.29. The predicted molar refractivity (Wildman–Crippen MR) is 55.4 cm³/mol. The summed E-state index contributed by atoms with van der Waals surface area (Å²) in [7, 11) is 0. The molecule has 0 fully saturated rings. The third-order valence-electron chi connectivity index (χ3n) is 1.51. The van der Waals surface area contributed by atoms with Gasteiger partial charge in [0.2, 0.25) is 0 Å². The molecule has 0 saturated heterocycles. The molecule has 0 amide bonds. The molecule has 1 nitrogen and oxygen atoms in total. The molecule has 1 aromatic rings. The van der Waals surface area contributed by atoms with E-state index in [1.54, 1.807) is 0 Å². The molecule has 1 rings (SSSR count). The number of halogens is 5. The van der Waals surface area contributed by atoms with Gasteiger partial charge in [-0.25, -0.2) is 4.39 Å². The van der Waals surface area contributed by atoms with Gasteiger partial charge in [-0.2, -0.15) is 13.2 Å². The monoisotopic (exact) mass is 274 g/mol. The molecular formula is C9H7ClF4OS. The Morgan fingerprint density at radius 2 is 2.00 bits per heavy atom. The van der Waals surface area contributed by atoms with Crippen molar-refractivity contribution in [3.63, 3.8) is 0 Å². The van der Waals surface area contributed by atoms with Crippen LogP contribution in [0.1, 0.15) is 0 Å². The Balaban J connectivity index is 2.35. The second kappa shape index (κ2) is 5.63. The lowest BCUT2D eigenvalue weighted by Crippen LogP contribution is -2.07. The Labute approximate surface area is 98.7 Å². The molecule has 0 unspecified atom stereocenters. The van der Waals surface area contributed by atoms with Crippen molar-refractivity contribution in [2.24, 2.45) is 0 Å². The fourth-order valence-corrected chi connectivity index (χ4v) is 1.40. The lowest BCUT2D eigenvalue weighted by atomic mass is 10.3. The zero-order valence-electron chi connectivity index (χ0n) is 7.85. The molecule has 0 heterocycles. The van der Waals surface area contributed by atoms with Crippen molar-refractivity contribution in [3.05, 3.63) is 29.0 Å². The summed E-state index contributed by atoms with van der Waals surface area (Å²) in [6.07, 6.45) is 0. The number of thioether (sulfide) groups is 1. The fourth-order valence-electron chi connectivity index (χ4n) is 0.884. The van der Waals surface area contributed by atoms with Gasteiger partial charge in [0, 0.05) is 11.8 Å². The molecule has 0 aromatic heterocycles. The van der Waals surface area contributed by atoms with E-state index < -0.39 is 11.3 Å². The summed E-state index contributed by atoms with van der Waals surface area (Å²) in [5, 5.41) is -0.0583. The second-order valence-corrected chi connectivity index (χ2v) is 4.29. The van der Waals surface area contributed by atoms with Crippen molar-refractivity contribution < 1.29 is 22.3 Å². The first-order valence-corrected chi connectivity index (χ1v) is 5.53. The average molecular weight is 275 g/mol. The second-order valence-electron chi connectivity index (χ2n) is 2.72. The third kappa shape index (κ3) is 4.94. The van der Waals surface area contributed by atoms with E-state index in [2.05, 4.69) is 0 Å². The number of rotatable bonds is 4. The number of hydrogen-bond donors (Lipinski definition) is 0. The normalized spacial score (nSPS) is 11.6. The molecule has 90 valence electrons. The maximum absolute atomic E-state index is 12.9. The molecule has 0 radical (unpaired) electrons. The van der Waals surface area contributed by atoms with Gasteiger partial charge < -0.3 is 4.74 Å². The van der Waals surface area contributed by atoms with Gasteiger partial charge in [0.15, 0.2) is 0 Å². The smallest absolute Gasteiger partial charge is 0.441 e. The Morgan fingerprint density at radius 1 is 1.31 bits per heavy atom. The molecule has 0 aliphatic heterocycles. The minimum Gasteiger partial charge on any atom is -0.493 e. The molecule has 0 aliphatic rings. The maximum atomic E-state index is 12.9. The SMILES string of the molecule is Fc1cc(OCCSC(F)(F)F)ccc1Cl. The van der Waals surface area contributed by atoms with Crippen LogP contribution in [0.5, 0.6) is 5.75 Å². The molecule has 1 aromatic carbocycles. The quantitative estimate of drug-likeness (QED) is 0.604. The maximum Gasteiger partial charge on any atom is 0.441 e. The Hall–Kier alpha value is -0.620. The number of ether oxygens (including phenoxy) is 1. The highest BCUT2D eigenvalue weighted by Gasteiger charge is 2.27. The van der Waals surface area contributed by atoms with Gasteiger partial charge in [0.05, 0.1) is 11.6 Å². The van der Waals surface area contributed by atoms with Crippen molar-refractivity contribution in [1.29, 1.82) is 0 Å². The van der Waals surface area contributed by atoms with Crippen molar-refractivity contribution in [2.75, 3.05) is 12.4 Å². The molecule has 0 atom stereocenters.